The van der Waals surface area contributed by atoms with Crippen molar-refractivity contribution in [1.82, 2.24) is 0 Å². The summed E-state index contributed by atoms with van der Waals surface area (Å²) in [4.78, 5) is 14.2. The van der Waals surface area contributed by atoms with E-state index in [0.29, 0.717) is 16.5 Å². The minimum Gasteiger partial charge on any atom is -0.481 e. The first-order chi connectivity index (χ1) is 10.9. The van der Waals surface area contributed by atoms with E-state index in [1.165, 1.54) is 0 Å². The standard InChI is InChI=1S/C18H21ClN2O2/c1-12-8-10-14(11-9-12)23-13(2)18(22)20-16-7-5-6-15(19)17(16)21(3)4/h5-11,13H,1-4H3,(H,20,22). The molecular weight excluding hydrogens is 312 g/mol. The Balaban J connectivity index is 2.09. The van der Waals surface area contributed by atoms with Gasteiger partial charge in [0.25, 0.3) is 5.91 Å². The topological polar surface area (TPSA) is 41.6 Å². The molecule has 0 aromatic heterocycles. The number of hydrogen-bond acceptors (Lipinski definition) is 3. The van der Waals surface area contributed by atoms with Crippen LogP contribution in [0.15, 0.2) is 42.5 Å². The molecule has 2 rings (SSSR count). The summed E-state index contributed by atoms with van der Waals surface area (Å²) in [6.45, 7) is 3.72. The molecule has 1 amide bonds. The van der Waals surface area contributed by atoms with E-state index in [1.54, 1.807) is 19.1 Å². The summed E-state index contributed by atoms with van der Waals surface area (Å²) in [5.41, 5.74) is 2.57. The summed E-state index contributed by atoms with van der Waals surface area (Å²) in [6.07, 6.45) is -0.619. The number of para-hydroxylation sites is 1. The van der Waals surface area contributed by atoms with Crippen molar-refractivity contribution in [2.24, 2.45) is 0 Å². The highest BCUT2D eigenvalue weighted by atomic mass is 35.5. The third-order valence-corrected chi connectivity index (χ3v) is 3.70. The van der Waals surface area contributed by atoms with Crippen molar-refractivity contribution in [3.8, 4) is 5.75 Å². The summed E-state index contributed by atoms with van der Waals surface area (Å²) in [5.74, 6) is 0.438. The lowest BCUT2D eigenvalue weighted by atomic mass is 10.2. The Hall–Kier alpha value is -2.20. The molecule has 0 spiro atoms. The lowest BCUT2D eigenvalue weighted by Crippen LogP contribution is -2.30. The van der Waals surface area contributed by atoms with Crippen molar-refractivity contribution >= 4 is 28.9 Å². The molecule has 0 fully saturated rings. The highest BCUT2D eigenvalue weighted by Gasteiger charge is 2.18. The second-order valence-corrected chi connectivity index (χ2v) is 6.00. The van der Waals surface area contributed by atoms with Crippen molar-refractivity contribution in [1.29, 1.82) is 0 Å². The first-order valence-electron chi connectivity index (χ1n) is 7.38. The molecule has 0 heterocycles. The van der Waals surface area contributed by atoms with Crippen LogP contribution < -0.4 is 15.0 Å². The number of ether oxygens (including phenoxy) is 1. The molecule has 5 heteroatoms. The van der Waals surface area contributed by atoms with Crippen molar-refractivity contribution in [3.63, 3.8) is 0 Å². The van der Waals surface area contributed by atoms with Crippen LogP contribution in [0.4, 0.5) is 11.4 Å². The van der Waals surface area contributed by atoms with Crippen LogP contribution in [0.3, 0.4) is 0 Å². The minimum absolute atomic E-state index is 0.226. The first kappa shape index (κ1) is 17.2. The van der Waals surface area contributed by atoms with E-state index >= 15 is 0 Å². The Bertz CT molecular complexity index is 684. The number of halogens is 1. The molecule has 1 unspecified atom stereocenters. The molecular formula is C18H21ClN2O2. The molecule has 2 aromatic carbocycles. The third kappa shape index (κ3) is 4.39. The maximum atomic E-state index is 12.4. The molecule has 1 N–H and O–H groups in total. The second-order valence-electron chi connectivity index (χ2n) is 5.59. The summed E-state index contributed by atoms with van der Waals surface area (Å²) >= 11 is 6.21. The zero-order valence-corrected chi connectivity index (χ0v) is 14.5. The number of carbonyl (C=O) groups excluding carboxylic acids is 1. The molecule has 0 aliphatic heterocycles. The molecule has 0 saturated carbocycles. The van der Waals surface area contributed by atoms with E-state index in [1.807, 2.05) is 56.3 Å². The molecule has 0 aliphatic carbocycles. The van der Waals surface area contributed by atoms with Gasteiger partial charge in [-0.25, -0.2) is 0 Å². The number of anilines is 2. The highest BCUT2D eigenvalue weighted by Crippen LogP contribution is 2.32. The van der Waals surface area contributed by atoms with Gasteiger partial charge in [-0.1, -0.05) is 35.4 Å². The predicted molar refractivity (Wildman–Crippen MR) is 95.7 cm³/mol. The maximum absolute atomic E-state index is 12.4. The number of benzene rings is 2. The summed E-state index contributed by atoms with van der Waals surface area (Å²) in [5, 5.41) is 3.46. The quantitative estimate of drug-likeness (QED) is 0.895. The third-order valence-electron chi connectivity index (χ3n) is 3.39. The molecule has 0 saturated heterocycles. The van der Waals surface area contributed by atoms with E-state index in [9.17, 15) is 4.79 Å². The van der Waals surface area contributed by atoms with Crippen molar-refractivity contribution < 1.29 is 9.53 Å². The highest BCUT2D eigenvalue weighted by molar-refractivity contribution is 6.34. The zero-order chi connectivity index (χ0) is 17.0. The summed E-state index contributed by atoms with van der Waals surface area (Å²) in [6, 6.07) is 13.0. The van der Waals surface area contributed by atoms with Gasteiger partial charge in [-0.15, -0.1) is 0 Å². The molecule has 1 atom stereocenters. The lowest BCUT2D eigenvalue weighted by Gasteiger charge is -2.21. The molecule has 23 heavy (non-hydrogen) atoms. The summed E-state index contributed by atoms with van der Waals surface area (Å²) < 4.78 is 5.68. The predicted octanol–water partition coefficient (Wildman–Crippen LogP) is 4.12. The Labute approximate surface area is 142 Å². The zero-order valence-electron chi connectivity index (χ0n) is 13.8. The second kappa shape index (κ2) is 7.38. The molecule has 122 valence electrons. The average Bonchev–Trinajstić information content (AvgIpc) is 2.49. The smallest absolute Gasteiger partial charge is 0.265 e. The minimum atomic E-state index is -0.619. The molecule has 4 nitrogen and oxygen atoms in total. The Morgan fingerprint density at radius 3 is 2.43 bits per heavy atom. The number of amides is 1. The van der Waals surface area contributed by atoms with Gasteiger partial charge in [0, 0.05) is 14.1 Å². The number of hydrogen-bond donors (Lipinski definition) is 1. The fourth-order valence-electron chi connectivity index (χ4n) is 2.18. The van der Waals surface area contributed by atoms with Gasteiger partial charge in [0.05, 0.1) is 16.4 Å². The van der Waals surface area contributed by atoms with E-state index < -0.39 is 6.10 Å². The molecule has 0 bridgehead atoms. The Morgan fingerprint density at radius 2 is 1.83 bits per heavy atom. The van der Waals surface area contributed by atoms with Gasteiger partial charge in [-0.2, -0.15) is 0 Å². The fourth-order valence-corrected chi connectivity index (χ4v) is 2.52. The van der Waals surface area contributed by atoms with Crippen LogP contribution in [0.25, 0.3) is 0 Å². The van der Waals surface area contributed by atoms with E-state index in [-0.39, 0.29) is 5.91 Å². The van der Waals surface area contributed by atoms with Crippen LogP contribution in [0, 0.1) is 6.92 Å². The molecule has 0 radical (unpaired) electrons. The van der Waals surface area contributed by atoms with Gasteiger partial charge in [-0.05, 0) is 38.1 Å². The monoisotopic (exact) mass is 332 g/mol. The van der Waals surface area contributed by atoms with Crippen LogP contribution >= 0.6 is 11.6 Å². The van der Waals surface area contributed by atoms with Crippen LogP contribution in [0.1, 0.15) is 12.5 Å². The fraction of sp³-hybridized carbons (Fsp3) is 0.278. The number of rotatable bonds is 5. The number of nitrogens with zero attached hydrogens (tertiary/aromatic N) is 1. The number of aryl methyl sites for hydroxylation is 1. The Morgan fingerprint density at radius 1 is 1.17 bits per heavy atom. The van der Waals surface area contributed by atoms with E-state index in [2.05, 4.69) is 5.32 Å². The van der Waals surface area contributed by atoms with Gasteiger partial charge in [0.1, 0.15) is 5.75 Å². The van der Waals surface area contributed by atoms with Gasteiger partial charge in [0.15, 0.2) is 6.10 Å². The van der Waals surface area contributed by atoms with Gasteiger partial charge in [0.2, 0.25) is 0 Å². The average molecular weight is 333 g/mol. The van der Waals surface area contributed by atoms with Crippen LogP contribution in [-0.2, 0) is 4.79 Å². The Kier molecular flexibility index (Phi) is 5.50. The molecule has 0 aliphatic rings. The van der Waals surface area contributed by atoms with Crippen molar-refractivity contribution in [2.45, 2.75) is 20.0 Å². The van der Waals surface area contributed by atoms with Crippen LogP contribution in [-0.4, -0.2) is 26.1 Å². The number of carbonyl (C=O) groups is 1. The first-order valence-corrected chi connectivity index (χ1v) is 7.76. The lowest BCUT2D eigenvalue weighted by molar-refractivity contribution is -0.122. The van der Waals surface area contributed by atoms with Crippen LogP contribution in [0.2, 0.25) is 5.02 Å². The van der Waals surface area contributed by atoms with Crippen molar-refractivity contribution in [3.05, 3.63) is 53.1 Å². The normalized spacial score (nSPS) is 11.7. The summed E-state index contributed by atoms with van der Waals surface area (Å²) in [7, 11) is 3.76. The van der Waals surface area contributed by atoms with Gasteiger partial charge >= 0.3 is 0 Å². The van der Waals surface area contributed by atoms with Gasteiger partial charge in [-0.3, -0.25) is 4.79 Å². The van der Waals surface area contributed by atoms with Crippen LogP contribution in [0.5, 0.6) is 5.75 Å². The van der Waals surface area contributed by atoms with Gasteiger partial charge < -0.3 is 15.0 Å². The largest absolute Gasteiger partial charge is 0.481 e. The number of nitrogens with one attached hydrogen (secondary N) is 1. The molecule has 2 aromatic rings. The maximum Gasteiger partial charge on any atom is 0.265 e. The van der Waals surface area contributed by atoms with Crippen molar-refractivity contribution in [2.75, 3.05) is 24.3 Å². The van der Waals surface area contributed by atoms with E-state index in [0.717, 1.165) is 11.3 Å². The van der Waals surface area contributed by atoms with E-state index in [4.69, 9.17) is 16.3 Å². The SMILES string of the molecule is Cc1ccc(OC(C)C(=O)Nc2cccc(Cl)c2N(C)C)cc1.